The monoisotopic (exact) mass is 285 g/mol. The molecule has 0 amide bonds. The van der Waals surface area contributed by atoms with Gasteiger partial charge in [0.1, 0.15) is 11.6 Å². The fourth-order valence-corrected chi connectivity index (χ4v) is 2.36. The molecule has 0 saturated heterocycles. The van der Waals surface area contributed by atoms with E-state index in [9.17, 15) is 5.11 Å². The van der Waals surface area contributed by atoms with Crippen molar-refractivity contribution < 1.29 is 9.84 Å². The number of phenolic OH excluding ortho intramolecular Hbond substituents is 1. The van der Waals surface area contributed by atoms with Gasteiger partial charge in [-0.05, 0) is 30.7 Å². The second-order valence-corrected chi connectivity index (χ2v) is 5.10. The van der Waals surface area contributed by atoms with E-state index < -0.39 is 0 Å². The van der Waals surface area contributed by atoms with Crippen LogP contribution in [0.2, 0.25) is 0 Å². The number of benzene rings is 1. The normalized spacial score (nSPS) is 13.8. The molecule has 2 N–H and O–H groups in total. The van der Waals surface area contributed by atoms with Gasteiger partial charge in [0.2, 0.25) is 0 Å². The molecule has 0 fully saturated rings. The third kappa shape index (κ3) is 2.97. The first-order valence-corrected chi connectivity index (χ1v) is 7.28. The number of aromatic nitrogens is 2. The first-order chi connectivity index (χ1) is 10.3. The van der Waals surface area contributed by atoms with Gasteiger partial charge in [-0.3, -0.25) is 0 Å². The average Bonchev–Trinajstić information content (AvgIpc) is 2.53. The molecule has 110 valence electrons. The third-order valence-electron chi connectivity index (χ3n) is 3.49. The van der Waals surface area contributed by atoms with Gasteiger partial charge in [-0.2, -0.15) is 0 Å². The van der Waals surface area contributed by atoms with Gasteiger partial charge in [-0.25, -0.2) is 9.97 Å². The minimum atomic E-state index is 0.245. The molecular weight excluding hydrogens is 266 g/mol. The maximum Gasteiger partial charge on any atom is 0.161 e. The minimum Gasteiger partial charge on any atom is -0.508 e. The topological polar surface area (TPSA) is 67.3 Å². The molecule has 1 aromatic carbocycles. The summed E-state index contributed by atoms with van der Waals surface area (Å²) in [7, 11) is 0. The molecule has 3 rings (SSSR count). The molecular formula is C16H19N3O2. The Labute approximate surface area is 124 Å². The summed E-state index contributed by atoms with van der Waals surface area (Å²) in [4.78, 5) is 9.31. The summed E-state index contributed by atoms with van der Waals surface area (Å²) in [6.07, 6.45) is 1.85. The predicted octanol–water partition coefficient (Wildman–Crippen LogP) is 2.74. The van der Waals surface area contributed by atoms with Crippen molar-refractivity contribution in [2.75, 3.05) is 18.5 Å². The van der Waals surface area contributed by atoms with Crippen LogP contribution in [0, 0.1) is 0 Å². The second kappa shape index (κ2) is 6.10. The summed E-state index contributed by atoms with van der Waals surface area (Å²) in [6.45, 7) is 4.26. The molecule has 1 aliphatic heterocycles. The molecule has 21 heavy (non-hydrogen) atoms. The molecule has 0 atom stereocenters. The Morgan fingerprint density at radius 2 is 2.05 bits per heavy atom. The Morgan fingerprint density at radius 3 is 2.81 bits per heavy atom. The van der Waals surface area contributed by atoms with Crippen molar-refractivity contribution >= 4 is 5.82 Å². The Morgan fingerprint density at radius 1 is 1.24 bits per heavy atom. The van der Waals surface area contributed by atoms with E-state index in [1.807, 2.05) is 12.1 Å². The van der Waals surface area contributed by atoms with Gasteiger partial charge in [0, 0.05) is 24.1 Å². The number of aromatic hydroxyl groups is 1. The lowest BCUT2D eigenvalue weighted by Crippen LogP contribution is -2.17. The van der Waals surface area contributed by atoms with E-state index in [1.165, 1.54) is 0 Å². The largest absolute Gasteiger partial charge is 0.508 e. The Hall–Kier alpha value is -2.14. The number of anilines is 1. The number of nitrogens with one attached hydrogen (secondary N) is 1. The number of phenols is 1. The minimum absolute atomic E-state index is 0.245. The van der Waals surface area contributed by atoms with Crippen molar-refractivity contribution in [3.63, 3.8) is 0 Å². The van der Waals surface area contributed by atoms with Gasteiger partial charge in [0.15, 0.2) is 5.82 Å². The van der Waals surface area contributed by atoms with E-state index in [0.29, 0.717) is 19.0 Å². The number of nitrogens with zero attached hydrogens (tertiary/aromatic N) is 2. The molecule has 1 aliphatic rings. The molecule has 5 nitrogen and oxygen atoms in total. The molecule has 0 radical (unpaired) electrons. The fraction of sp³-hybridized carbons (Fsp3) is 0.375. The summed E-state index contributed by atoms with van der Waals surface area (Å²) in [5.74, 6) is 1.80. The summed E-state index contributed by atoms with van der Waals surface area (Å²) in [5, 5.41) is 12.8. The first-order valence-electron chi connectivity index (χ1n) is 7.28. The zero-order valence-corrected chi connectivity index (χ0v) is 12.1. The van der Waals surface area contributed by atoms with Crippen LogP contribution in [-0.2, 0) is 17.8 Å². The predicted molar refractivity (Wildman–Crippen MR) is 81.3 cm³/mol. The zero-order valence-electron chi connectivity index (χ0n) is 12.1. The van der Waals surface area contributed by atoms with Crippen molar-refractivity contribution in [3.8, 4) is 17.1 Å². The van der Waals surface area contributed by atoms with Crippen LogP contribution in [-0.4, -0.2) is 28.2 Å². The first kappa shape index (κ1) is 13.8. The maximum absolute atomic E-state index is 9.40. The molecule has 2 heterocycles. The van der Waals surface area contributed by atoms with Gasteiger partial charge in [0.25, 0.3) is 0 Å². The van der Waals surface area contributed by atoms with Crippen molar-refractivity contribution in [2.24, 2.45) is 0 Å². The molecule has 0 bridgehead atoms. The smallest absolute Gasteiger partial charge is 0.161 e. The van der Waals surface area contributed by atoms with Crippen molar-refractivity contribution in [1.82, 2.24) is 9.97 Å². The Kier molecular flexibility index (Phi) is 4.01. The van der Waals surface area contributed by atoms with Gasteiger partial charge < -0.3 is 15.2 Å². The van der Waals surface area contributed by atoms with Crippen LogP contribution >= 0.6 is 0 Å². The standard InChI is InChI=1S/C16H19N3O2/c1-2-8-17-16-13-10-21-9-7-14(13)18-15(19-16)11-3-5-12(20)6-4-11/h3-6,20H,2,7-10H2,1H3,(H,17,18,19). The molecule has 0 saturated carbocycles. The lowest BCUT2D eigenvalue weighted by molar-refractivity contribution is 0.109. The van der Waals surface area contributed by atoms with Crippen LogP contribution in [0.15, 0.2) is 24.3 Å². The van der Waals surface area contributed by atoms with E-state index >= 15 is 0 Å². The number of hydrogen-bond donors (Lipinski definition) is 2. The lowest BCUT2D eigenvalue weighted by Gasteiger charge is -2.20. The molecule has 0 aliphatic carbocycles. The average molecular weight is 285 g/mol. The van der Waals surface area contributed by atoms with Crippen LogP contribution in [0.5, 0.6) is 5.75 Å². The number of fused-ring (bicyclic) bond motifs is 1. The molecule has 0 spiro atoms. The van der Waals surface area contributed by atoms with Gasteiger partial charge >= 0.3 is 0 Å². The Bertz CT molecular complexity index is 626. The summed E-state index contributed by atoms with van der Waals surface area (Å²) in [5.41, 5.74) is 3.02. The summed E-state index contributed by atoms with van der Waals surface area (Å²) in [6, 6.07) is 6.97. The zero-order chi connectivity index (χ0) is 14.7. The van der Waals surface area contributed by atoms with Crippen LogP contribution in [0.3, 0.4) is 0 Å². The summed E-state index contributed by atoms with van der Waals surface area (Å²) >= 11 is 0. The highest BCUT2D eigenvalue weighted by atomic mass is 16.5. The lowest BCUT2D eigenvalue weighted by atomic mass is 10.1. The van der Waals surface area contributed by atoms with Gasteiger partial charge in [-0.15, -0.1) is 0 Å². The highest BCUT2D eigenvalue weighted by Crippen LogP contribution is 2.27. The highest BCUT2D eigenvalue weighted by Gasteiger charge is 2.18. The van der Waals surface area contributed by atoms with Crippen molar-refractivity contribution in [3.05, 3.63) is 35.5 Å². The van der Waals surface area contributed by atoms with Crippen LogP contribution in [0.4, 0.5) is 5.82 Å². The fourth-order valence-electron chi connectivity index (χ4n) is 2.36. The van der Waals surface area contributed by atoms with E-state index in [2.05, 4.69) is 22.2 Å². The quantitative estimate of drug-likeness (QED) is 0.904. The SMILES string of the molecule is CCCNc1nc(-c2ccc(O)cc2)nc2c1COCC2. The number of hydrogen-bond acceptors (Lipinski definition) is 5. The second-order valence-electron chi connectivity index (χ2n) is 5.10. The summed E-state index contributed by atoms with van der Waals surface area (Å²) < 4.78 is 5.52. The Balaban J connectivity index is 2.02. The van der Waals surface area contributed by atoms with E-state index in [4.69, 9.17) is 4.74 Å². The molecule has 1 aromatic heterocycles. The van der Waals surface area contributed by atoms with Crippen molar-refractivity contribution in [1.29, 1.82) is 0 Å². The molecule has 5 heteroatoms. The van der Waals surface area contributed by atoms with Crippen LogP contribution < -0.4 is 5.32 Å². The van der Waals surface area contributed by atoms with E-state index in [-0.39, 0.29) is 5.75 Å². The van der Waals surface area contributed by atoms with Gasteiger partial charge in [-0.1, -0.05) is 6.92 Å². The third-order valence-corrected chi connectivity index (χ3v) is 3.49. The molecule has 0 unspecified atom stereocenters. The van der Waals surface area contributed by atoms with E-state index in [1.54, 1.807) is 12.1 Å². The van der Waals surface area contributed by atoms with Crippen molar-refractivity contribution in [2.45, 2.75) is 26.4 Å². The molecule has 2 aromatic rings. The highest BCUT2D eigenvalue weighted by molar-refractivity contribution is 5.61. The number of rotatable bonds is 4. The van der Waals surface area contributed by atoms with E-state index in [0.717, 1.165) is 42.0 Å². The van der Waals surface area contributed by atoms with Crippen LogP contribution in [0.25, 0.3) is 11.4 Å². The maximum atomic E-state index is 9.40. The number of ether oxygens (including phenoxy) is 1. The van der Waals surface area contributed by atoms with Crippen LogP contribution in [0.1, 0.15) is 24.6 Å². The van der Waals surface area contributed by atoms with Gasteiger partial charge in [0.05, 0.1) is 18.9 Å².